The summed E-state index contributed by atoms with van der Waals surface area (Å²) in [5, 5.41) is 3.89. The molecule has 0 saturated carbocycles. The average Bonchev–Trinajstić information content (AvgIpc) is 3.13. The van der Waals surface area contributed by atoms with Crippen LogP contribution < -0.4 is 10.2 Å². The topological polar surface area (TPSA) is 76.1 Å². The molecule has 0 aliphatic carbocycles. The summed E-state index contributed by atoms with van der Waals surface area (Å²) in [7, 11) is 0. The Morgan fingerprint density at radius 2 is 1.92 bits per heavy atom. The maximum Gasteiger partial charge on any atom is 0.225 e. The molecule has 0 spiro atoms. The van der Waals surface area contributed by atoms with Crippen LogP contribution in [0.3, 0.4) is 0 Å². The van der Waals surface area contributed by atoms with Crippen molar-refractivity contribution in [3.05, 3.63) is 35.4 Å². The van der Waals surface area contributed by atoms with Crippen LogP contribution in [0, 0.1) is 0 Å². The van der Waals surface area contributed by atoms with Crippen molar-refractivity contribution in [2.45, 2.75) is 31.2 Å². The Labute approximate surface area is 151 Å². The zero-order chi connectivity index (χ0) is 17.1. The molecule has 0 aromatic carbocycles. The fourth-order valence-corrected chi connectivity index (χ4v) is 3.46. The van der Waals surface area contributed by atoms with Crippen LogP contribution in [0.15, 0.2) is 24.7 Å². The van der Waals surface area contributed by atoms with Crippen LogP contribution in [-0.4, -0.2) is 52.3 Å². The third-order valence-electron chi connectivity index (χ3n) is 4.73. The Kier molecular flexibility index (Phi) is 4.94. The van der Waals surface area contributed by atoms with Crippen LogP contribution in [-0.2, 0) is 4.74 Å². The molecule has 4 heterocycles. The first-order valence-electron chi connectivity index (χ1n) is 8.67. The molecule has 2 fully saturated rings. The van der Waals surface area contributed by atoms with E-state index in [1.807, 2.05) is 12.3 Å². The van der Waals surface area contributed by atoms with Gasteiger partial charge < -0.3 is 15.0 Å². The van der Waals surface area contributed by atoms with Gasteiger partial charge in [-0.1, -0.05) is 11.6 Å². The van der Waals surface area contributed by atoms with Gasteiger partial charge in [-0.3, -0.25) is 0 Å². The monoisotopic (exact) mass is 360 g/mol. The molecular weight excluding hydrogens is 340 g/mol. The molecule has 1 atom stereocenters. The Hall–Kier alpha value is -1.99. The zero-order valence-electron chi connectivity index (χ0n) is 13.9. The number of nitrogens with one attached hydrogen (secondary N) is 1. The highest BCUT2D eigenvalue weighted by molar-refractivity contribution is 6.30. The standard InChI is InChI=1S/C17H21ClN6O/c18-13-9-20-16(21-10-13)22-14-2-6-24(11-14)17-19-5-1-15(23-17)12-3-7-25-8-4-12/h1,5,9-10,12,14H,2-4,6-8,11H2,(H,20,21,22). The molecule has 0 radical (unpaired) electrons. The quantitative estimate of drug-likeness (QED) is 0.897. The van der Waals surface area contributed by atoms with Crippen molar-refractivity contribution in [1.82, 2.24) is 19.9 Å². The summed E-state index contributed by atoms with van der Waals surface area (Å²) in [6, 6.07) is 2.31. The lowest BCUT2D eigenvalue weighted by atomic mass is 9.96. The second-order valence-electron chi connectivity index (χ2n) is 6.47. The summed E-state index contributed by atoms with van der Waals surface area (Å²) in [5.74, 6) is 1.90. The van der Waals surface area contributed by atoms with Gasteiger partial charge in [-0.15, -0.1) is 0 Å². The van der Waals surface area contributed by atoms with Gasteiger partial charge in [0.2, 0.25) is 11.9 Å². The summed E-state index contributed by atoms with van der Waals surface area (Å²) >= 11 is 5.82. The van der Waals surface area contributed by atoms with Crippen LogP contribution in [0.25, 0.3) is 0 Å². The third-order valence-corrected chi connectivity index (χ3v) is 4.92. The van der Waals surface area contributed by atoms with E-state index in [1.54, 1.807) is 12.4 Å². The van der Waals surface area contributed by atoms with E-state index in [0.29, 0.717) is 16.9 Å². The van der Waals surface area contributed by atoms with Crippen molar-refractivity contribution < 1.29 is 4.74 Å². The van der Waals surface area contributed by atoms with Crippen LogP contribution in [0.2, 0.25) is 5.02 Å². The molecule has 0 bridgehead atoms. The number of aromatic nitrogens is 4. The Bertz CT molecular complexity index is 707. The average molecular weight is 361 g/mol. The summed E-state index contributed by atoms with van der Waals surface area (Å²) in [5.41, 5.74) is 1.13. The number of anilines is 2. The number of halogens is 1. The van der Waals surface area contributed by atoms with Gasteiger partial charge in [-0.2, -0.15) is 0 Å². The number of nitrogens with zero attached hydrogens (tertiary/aromatic N) is 5. The molecule has 2 aromatic rings. The molecule has 25 heavy (non-hydrogen) atoms. The lowest BCUT2D eigenvalue weighted by Gasteiger charge is -2.23. The van der Waals surface area contributed by atoms with Crippen molar-refractivity contribution in [3.8, 4) is 0 Å². The van der Waals surface area contributed by atoms with E-state index in [4.69, 9.17) is 21.3 Å². The van der Waals surface area contributed by atoms with Gasteiger partial charge in [0.25, 0.3) is 0 Å². The molecule has 1 N–H and O–H groups in total. The summed E-state index contributed by atoms with van der Waals surface area (Å²) in [6.07, 6.45) is 8.14. The Morgan fingerprint density at radius 1 is 1.12 bits per heavy atom. The van der Waals surface area contributed by atoms with E-state index in [2.05, 4.69) is 25.2 Å². The largest absolute Gasteiger partial charge is 0.381 e. The van der Waals surface area contributed by atoms with Gasteiger partial charge in [0, 0.05) is 50.2 Å². The Morgan fingerprint density at radius 3 is 2.72 bits per heavy atom. The number of hydrogen-bond acceptors (Lipinski definition) is 7. The first-order chi connectivity index (χ1) is 12.3. The third kappa shape index (κ3) is 3.99. The molecule has 2 aromatic heterocycles. The normalized spacial score (nSPS) is 21.5. The van der Waals surface area contributed by atoms with Crippen molar-refractivity contribution in [1.29, 1.82) is 0 Å². The van der Waals surface area contributed by atoms with Gasteiger partial charge in [-0.05, 0) is 25.3 Å². The minimum atomic E-state index is 0.275. The molecule has 2 aliphatic heterocycles. The van der Waals surface area contributed by atoms with Crippen molar-refractivity contribution >= 4 is 23.5 Å². The smallest absolute Gasteiger partial charge is 0.225 e. The van der Waals surface area contributed by atoms with Crippen molar-refractivity contribution in [2.75, 3.05) is 36.5 Å². The van der Waals surface area contributed by atoms with E-state index >= 15 is 0 Å². The first-order valence-corrected chi connectivity index (χ1v) is 9.05. The molecular formula is C17H21ClN6O. The highest BCUT2D eigenvalue weighted by Gasteiger charge is 2.26. The molecule has 1 unspecified atom stereocenters. The summed E-state index contributed by atoms with van der Waals surface area (Å²) in [6.45, 7) is 3.40. The van der Waals surface area contributed by atoms with Crippen molar-refractivity contribution in [2.24, 2.45) is 0 Å². The van der Waals surface area contributed by atoms with Gasteiger partial charge in [0.1, 0.15) is 0 Å². The highest BCUT2D eigenvalue weighted by atomic mass is 35.5. The second kappa shape index (κ2) is 7.49. The summed E-state index contributed by atoms with van der Waals surface area (Å²) < 4.78 is 5.45. The predicted octanol–water partition coefficient (Wildman–Crippen LogP) is 2.50. The van der Waals surface area contributed by atoms with E-state index in [1.165, 1.54) is 0 Å². The molecule has 2 saturated heterocycles. The zero-order valence-corrected chi connectivity index (χ0v) is 14.7. The van der Waals surface area contributed by atoms with Gasteiger partial charge >= 0.3 is 0 Å². The van der Waals surface area contributed by atoms with Crippen LogP contribution >= 0.6 is 11.6 Å². The highest BCUT2D eigenvalue weighted by Crippen LogP contribution is 2.27. The fraction of sp³-hybridized carbons (Fsp3) is 0.529. The predicted molar refractivity (Wildman–Crippen MR) is 96.1 cm³/mol. The van der Waals surface area contributed by atoms with Gasteiger partial charge in [0.05, 0.1) is 17.4 Å². The lowest BCUT2D eigenvalue weighted by molar-refractivity contribution is 0.0845. The number of ether oxygens (including phenoxy) is 1. The SMILES string of the molecule is Clc1cnc(NC2CCN(c3nccc(C4CCOCC4)n3)C2)nc1. The molecule has 8 heteroatoms. The van der Waals surface area contributed by atoms with Gasteiger partial charge in [0.15, 0.2) is 0 Å². The molecule has 7 nitrogen and oxygen atoms in total. The Balaban J connectivity index is 1.40. The second-order valence-corrected chi connectivity index (χ2v) is 6.91. The van der Waals surface area contributed by atoms with Crippen molar-refractivity contribution in [3.63, 3.8) is 0 Å². The van der Waals surface area contributed by atoms with Gasteiger partial charge in [-0.25, -0.2) is 19.9 Å². The molecule has 132 valence electrons. The maximum absolute atomic E-state index is 5.82. The van der Waals surface area contributed by atoms with E-state index in [-0.39, 0.29) is 6.04 Å². The molecule has 0 amide bonds. The lowest BCUT2D eigenvalue weighted by Crippen LogP contribution is -2.28. The molecule has 4 rings (SSSR count). The minimum Gasteiger partial charge on any atom is -0.381 e. The minimum absolute atomic E-state index is 0.275. The number of hydrogen-bond donors (Lipinski definition) is 1. The number of rotatable bonds is 4. The van der Waals surface area contributed by atoms with Crippen LogP contribution in [0.1, 0.15) is 30.9 Å². The fourth-order valence-electron chi connectivity index (χ4n) is 3.36. The van der Waals surface area contributed by atoms with E-state index in [9.17, 15) is 0 Å². The van der Waals surface area contributed by atoms with E-state index in [0.717, 1.165) is 57.2 Å². The summed E-state index contributed by atoms with van der Waals surface area (Å²) in [4.78, 5) is 19.9. The van der Waals surface area contributed by atoms with Crippen LogP contribution in [0.4, 0.5) is 11.9 Å². The van der Waals surface area contributed by atoms with E-state index < -0.39 is 0 Å². The first kappa shape index (κ1) is 16.5. The van der Waals surface area contributed by atoms with Crippen LogP contribution in [0.5, 0.6) is 0 Å². The molecule has 2 aliphatic rings. The maximum atomic E-state index is 5.82.